The highest BCUT2D eigenvalue weighted by molar-refractivity contribution is 5.77. The maximum Gasteiger partial charge on any atom is 0.329 e. The number of carbonyl (C=O) groups is 2. The van der Waals surface area contributed by atoms with Gasteiger partial charge in [-0.25, -0.2) is 4.79 Å². The van der Waals surface area contributed by atoms with Gasteiger partial charge in [0.15, 0.2) is 0 Å². The highest BCUT2D eigenvalue weighted by Crippen LogP contribution is 2.29. The monoisotopic (exact) mass is 373 g/mol. The van der Waals surface area contributed by atoms with Crippen LogP contribution in [0.4, 0.5) is 0 Å². The standard InChI is InChI=1S/C19H35NO6/c1-7-19(26-12-16(22)23)13-20(14-19)15(21)8-10-25-18(5,6)9-11-24-17(2,3)4/h7-14H2,1-6H3,(H,22,23). The molecule has 0 atom stereocenters. The van der Waals surface area contributed by atoms with Crippen LogP contribution in [-0.4, -0.2) is 71.6 Å². The van der Waals surface area contributed by atoms with E-state index in [1.54, 1.807) is 4.90 Å². The lowest BCUT2D eigenvalue weighted by molar-refractivity contribution is -0.179. The third-order valence-corrected chi connectivity index (χ3v) is 4.50. The van der Waals surface area contributed by atoms with Crippen LogP contribution in [0.1, 0.15) is 60.8 Å². The van der Waals surface area contributed by atoms with Crippen molar-refractivity contribution in [1.82, 2.24) is 4.90 Å². The molecule has 7 nitrogen and oxygen atoms in total. The highest BCUT2D eigenvalue weighted by Gasteiger charge is 2.45. The van der Waals surface area contributed by atoms with E-state index >= 15 is 0 Å². The molecule has 0 aromatic heterocycles. The summed E-state index contributed by atoms with van der Waals surface area (Å²) in [6.45, 7) is 13.5. The Bertz CT molecular complexity index is 477. The van der Waals surface area contributed by atoms with Crippen LogP contribution in [0.5, 0.6) is 0 Å². The summed E-state index contributed by atoms with van der Waals surface area (Å²) >= 11 is 0. The number of likely N-dealkylation sites (tertiary alicyclic amines) is 1. The van der Waals surface area contributed by atoms with Crippen molar-refractivity contribution in [2.45, 2.75) is 77.6 Å². The number of amides is 1. The van der Waals surface area contributed by atoms with Gasteiger partial charge in [0.1, 0.15) is 12.2 Å². The summed E-state index contributed by atoms with van der Waals surface area (Å²) in [5, 5.41) is 8.73. The molecule has 1 saturated heterocycles. The second-order valence-electron chi connectivity index (χ2n) is 8.54. The van der Waals surface area contributed by atoms with E-state index in [0.717, 1.165) is 6.42 Å². The Morgan fingerprint density at radius 2 is 1.69 bits per heavy atom. The third kappa shape index (κ3) is 8.01. The molecule has 1 amide bonds. The zero-order chi connectivity index (χ0) is 20.0. The summed E-state index contributed by atoms with van der Waals surface area (Å²) < 4.78 is 17.0. The second-order valence-corrected chi connectivity index (χ2v) is 8.54. The van der Waals surface area contributed by atoms with Crippen LogP contribution < -0.4 is 0 Å². The Hall–Kier alpha value is -1.18. The van der Waals surface area contributed by atoms with Gasteiger partial charge in [0, 0.05) is 6.61 Å². The first kappa shape index (κ1) is 22.9. The molecule has 0 aliphatic carbocycles. The maximum atomic E-state index is 12.2. The predicted octanol–water partition coefficient (Wildman–Crippen LogP) is 2.47. The zero-order valence-corrected chi connectivity index (χ0v) is 17.1. The van der Waals surface area contributed by atoms with Crippen molar-refractivity contribution in [1.29, 1.82) is 0 Å². The number of hydrogen-bond acceptors (Lipinski definition) is 5. The molecule has 0 aromatic rings. The van der Waals surface area contributed by atoms with Crippen molar-refractivity contribution in [3.8, 4) is 0 Å². The van der Waals surface area contributed by atoms with Gasteiger partial charge in [-0.2, -0.15) is 0 Å². The lowest BCUT2D eigenvalue weighted by Gasteiger charge is -2.49. The zero-order valence-electron chi connectivity index (χ0n) is 17.1. The van der Waals surface area contributed by atoms with E-state index in [0.29, 0.717) is 39.1 Å². The minimum atomic E-state index is -0.992. The maximum absolute atomic E-state index is 12.2. The molecule has 0 radical (unpaired) electrons. The largest absolute Gasteiger partial charge is 0.480 e. The fourth-order valence-corrected chi connectivity index (χ4v) is 2.71. The van der Waals surface area contributed by atoms with Crippen LogP contribution in [-0.2, 0) is 23.8 Å². The van der Waals surface area contributed by atoms with E-state index in [1.165, 1.54) is 0 Å². The first-order valence-electron chi connectivity index (χ1n) is 9.29. The van der Waals surface area contributed by atoms with Gasteiger partial charge in [-0.15, -0.1) is 0 Å². The van der Waals surface area contributed by atoms with Gasteiger partial charge in [0.2, 0.25) is 5.91 Å². The van der Waals surface area contributed by atoms with E-state index in [4.69, 9.17) is 19.3 Å². The van der Waals surface area contributed by atoms with Crippen LogP contribution in [0.25, 0.3) is 0 Å². The van der Waals surface area contributed by atoms with Gasteiger partial charge >= 0.3 is 5.97 Å². The molecule has 1 N–H and O–H groups in total. The smallest absolute Gasteiger partial charge is 0.329 e. The van der Waals surface area contributed by atoms with E-state index < -0.39 is 11.6 Å². The van der Waals surface area contributed by atoms with Gasteiger partial charge in [-0.3, -0.25) is 4.79 Å². The summed E-state index contributed by atoms with van der Waals surface area (Å²) in [7, 11) is 0. The van der Waals surface area contributed by atoms with Crippen molar-refractivity contribution in [2.24, 2.45) is 0 Å². The Kier molecular flexibility index (Phi) is 8.04. The quantitative estimate of drug-likeness (QED) is 0.599. The van der Waals surface area contributed by atoms with Crippen LogP contribution in [0, 0.1) is 0 Å². The number of carboxylic acid groups (broad SMARTS) is 1. The molecular weight excluding hydrogens is 338 g/mol. The van der Waals surface area contributed by atoms with Gasteiger partial charge in [-0.05, 0) is 47.5 Å². The molecule has 1 aliphatic rings. The van der Waals surface area contributed by atoms with Crippen LogP contribution >= 0.6 is 0 Å². The number of carboxylic acids is 1. The third-order valence-electron chi connectivity index (χ3n) is 4.50. The topological polar surface area (TPSA) is 85.3 Å². The van der Waals surface area contributed by atoms with Crippen molar-refractivity contribution < 1.29 is 28.9 Å². The first-order chi connectivity index (χ1) is 11.9. The summed E-state index contributed by atoms with van der Waals surface area (Å²) in [6.07, 6.45) is 1.74. The summed E-state index contributed by atoms with van der Waals surface area (Å²) in [6, 6.07) is 0. The van der Waals surface area contributed by atoms with Crippen LogP contribution in [0.3, 0.4) is 0 Å². The van der Waals surface area contributed by atoms with Crippen molar-refractivity contribution in [3.05, 3.63) is 0 Å². The minimum absolute atomic E-state index is 0.00902. The number of rotatable bonds is 11. The molecule has 0 bridgehead atoms. The summed E-state index contributed by atoms with van der Waals surface area (Å²) in [4.78, 5) is 24.6. The summed E-state index contributed by atoms with van der Waals surface area (Å²) in [5.41, 5.74) is -1.03. The van der Waals surface area contributed by atoms with E-state index in [9.17, 15) is 9.59 Å². The predicted molar refractivity (Wildman–Crippen MR) is 98.2 cm³/mol. The lowest BCUT2D eigenvalue weighted by atomic mass is 9.90. The average molecular weight is 373 g/mol. The Morgan fingerprint density at radius 1 is 1.08 bits per heavy atom. The first-order valence-corrected chi connectivity index (χ1v) is 9.29. The molecule has 26 heavy (non-hydrogen) atoms. The summed E-state index contributed by atoms with van der Waals surface area (Å²) in [5.74, 6) is -0.983. The van der Waals surface area contributed by atoms with Crippen LogP contribution in [0.2, 0.25) is 0 Å². The van der Waals surface area contributed by atoms with Gasteiger partial charge in [-0.1, -0.05) is 6.92 Å². The Morgan fingerprint density at radius 3 is 2.19 bits per heavy atom. The molecule has 1 heterocycles. The van der Waals surface area contributed by atoms with Gasteiger partial charge in [0.05, 0.1) is 37.3 Å². The molecule has 1 rings (SSSR count). The number of carbonyl (C=O) groups excluding carboxylic acids is 1. The number of aliphatic carboxylic acids is 1. The fourth-order valence-electron chi connectivity index (χ4n) is 2.71. The van der Waals surface area contributed by atoms with Crippen molar-refractivity contribution in [2.75, 3.05) is 32.9 Å². The van der Waals surface area contributed by atoms with Gasteiger partial charge in [0.25, 0.3) is 0 Å². The van der Waals surface area contributed by atoms with E-state index in [2.05, 4.69) is 0 Å². The van der Waals surface area contributed by atoms with Crippen molar-refractivity contribution >= 4 is 11.9 Å². The highest BCUT2D eigenvalue weighted by atomic mass is 16.5. The lowest BCUT2D eigenvalue weighted by Crippen LogP contribution is -2.64. The normalized spacial score (nSPS) is 17.1. The van der Waals surface area contributed by atoms with E-state index in [1.807, 2.05) is 41.5 Å². The van der Waals surface area contributed by atoms with Gasteiger partial charge < -0.3 is 24.2 Å². The number of hydrogen-bond donors (Lipinski definition) is 1. The molecule has 1 aliphatic heterocycles. The molecule has 0 aromatic carbocycles. The molecule has 7 heteroatoms. The van der Waals surface area contributed by atoms with Crippen molar-refractivity contribution in [3.63, 3.8) is 0 Å². The Balaban J connectivity index is 2.27. The van der Waals surface area contributed by atoms with E-state index in [-0.39, 0.29) is 23.7 Å². The Labute approximate surface area is 157 Å². The fraction of sp³-hybridized carbons (Fsp3) is 0.895. The molecule has 0 unspecified atom stereocenters. The minimum Gasteiger partial charge on any atom is -0.480 e. The average Bonchev–Trinajstić information content (AvgIpc) is 2.44. The molecule has 1 fully saturated rings. The van der Waals surface area contributed by atoms with Crippen LogP contribution in [0.15, 0.2) is 0 Å². The second kappa shape index (κ2) is 9.15. The molecule has 152 valence electrons. The number of nitrogens with zero attached hydrogens (tertiary/aromatic N) is 1. The molecule has 0 spiro atoms. The molecular formula is C19H35NO6. The number of ether oxygens (including phenoxy) is 3. The SMILES string of the molecule is CCC1(OCC(=O)O)CN(C(=O)CCOC(C)(C)CCOC(C)(C)C)C1. The molecule has 0 saturated carbocycles.